The summed E-state index contributed by atoms with van der Waals surface area (Å²) in [5.41, 5.74) is 3.38. The molecule has 9 heteroatoms. The quantitative estimate of drug-likeness (QED) is 0.244. The van der Waals surface area contributed by atoms with Crippen LogP contribution in [0.15, 0.2) is 98.3 Å². The maximum atomic E-state index is 13.8. The van der Waals surface area contributed by atoms with Gasteiger partial charge in [0.05, 0.1) is 33.4 Å². The second kappa shape index (κ2) is 11.7. The SMILES string of the molecule is CCC1=C(C(=O)OC)[C@H](c2ccccc2)n2c(s/c(=C/c3ccc(OCc4cccc(Cl)c4)c(Br)c3)c2=O)=N1. The van der Waals surface area contributed by atoms with E-state index in [2.05, 4.69) is 15.9 Å². The second-order valence-electron chi connectivity index (χ2n) is 8.81. The molecule has 0 saturated heterocycles. The molecule has 39 heavy (non-hydrogen) atoms. The minimum atomic E-state index is -0.624. The highest BCUT2D eigenvalue weighted by atomic mass is 79.9. The second-order valence-corrected chi connectivity index (χ2v) is 11.1. The van der Waals surface area contributed by atoms with Crippen molar-refractivity contribution in [3.05, 3.63) is 130 Å². The fourth-order valence-electron chi connectivity index (χ4n) is 4.48. The zero-order valence-electron chi connectivity index (χ0n) is 21.2. The summed E-state index contributed by atoms with van der Waals surface area (Å²) in [5.74, 6) is 0.184. The van der Waals surface area contributed by atoms with Gasteiger partial charge in [0.25, 0.3) is 5.56 Å². The summed E-state index contributed by atoms with van der Waals surface area (Å²) in [4.78, 5) is 31.9. The first kappa shape index (κ1) is 27.1. The van der Waals surface area contributed by atoms with Crippen LogP contribution in [-0.2, 0) is 16.1 Å². The van der Waals surface area contributed by atoms with Crippen LogP contribution in [0.3, 0.4) is 0 Å². The van der Waals surface area contributed by atoms with Crippen molar-refractivity contribution in [2.75, 3.05) is 7.11 Å². The van der Waals surface area contributed by atoms with Gasteiger partial charge in [-0.1, -0.05) is 78.4 Å². The number of thiazole rings is 1. The van der Waals surface area contributed by atoms with Gasteiger partial charge >= 0.3 is 5.97 Å². The molecular formula is C30H24BrClN2O4S. The van der Waals surface area contributed by atoms with E-state index in [0.29, 0.717) is 44.4 Å². The third-order valence-corrected chi connectivity index (χ3v) is 8.14. The number of halogens is 2. The van der Waals surface area contributed by atoms with E-state index in [-0.39, 0.29) is 5.56 Å². The van der Waals surface area contributed by atoms with Crippen molar-refractivity contribution in [1.29, 1.82) is 0 Å². The monoisotopic (exact) mass is 622 g/mol. The van der Waals surface area contributed by atoms with E-state index in [1.165, 1.54) is 18.4 Å². The van der Waals surface area contributed by atoms with Crippen molar-refractivity contribution >= 4 is 50.9 Å². The molecule has 0 unspecified atom stereocenters. The molecule has 198 valence electrons. The first-order valence-electron chi connectivity index (χ1n) is 12.2. The number of carbonyl (C=O) groups is 1. The van der Waals surface area contributed by atoms with Crippen molar-refractivity contribution < 1.29 is 14.3 Å². The third-order valence-electron chi connectivity index (χ3n) is 6.30. The third kappa shape index (κ3) is 5.64. The van der Waals surface area contributed by atoms with Crippen LogP contribution < -0.4 is 19.6 Å². The molecule has 1 atom stereocenters. The number of methoxy groups -OCH3 is 1. The molecule has 1 aliphatic heterocycles. The highest BCUT2D eigenvalue weighted by Gasteiger charge is 2.33. The zero-order chi connectivity index (χ0) is 27.5. The summed E-state index contributed by atoms with van der Waals surface area (Å²) in [6.45, 7) is 2.31. The molecule has 0 N–H and O–H groups in total. The Balaban J connectivity index is 1.53. The Morgan fingerprint density at radius 2 is 1.92 bits per heavy atom. The molecule has 3 aromatic carbocycles. The molecular weight excluding hydrogens is 600 g/mol. The topological polar surface area (TPSA) is 69.9 Å². The van der Waals surface area contributed by atoms with Crippen LogP contribution in [0.1, 0.15) is 36.1 Å². The maximum absolute atomic E-state index is 13.8. The average molecular weight is 624 g/mol. The summed E-state index contributed by atoms with van der Waals surface area (Å²) in [5, 5.41) is 0.659. The van der Waals surface area contributed by atoms with Crippen molar-refractivity contribution in [2.45, 2.75) is 26.0 Å². The van der Waals surface area contributed by atoms with Gasteiger partial charge in [-0.05, 0) is 69.4 Å². The Morgan fingerprint density at radius 1 is 1.13 bits per heavy atom. The van der Waals surface area contributed by atoms with E-state index in [1.54, 1.807) is 4.57 Å². The molecule has 0 radical (unpaired) electrons. The molecule has 6 nitrogen and oxygen atoms in total. The number of ether oxygens (including phenoxy) is 2. The Labute approximate surface area is 242 Å². The minimum absolute atomic E-state index is 0.221. The number of carbonyl (C=O) groups excluding carboxylic acids is 1. The first-order chi connectivity index (χ1) is 18.9. The number of rotatable bonds is 7. The number of nitrogens with zero attached hydrogens (tertiary/aromatic N) is 2. The molecule has 0 aliphatic carbocycles. The number of fused-ring (bicyclic) bond motifs is 1. The molecule has 0 saturated carbocycles. The fourth-order valence-corrected chi connectivity index (χ4v) is 6.22. The summed E-state index contributed by atoms with van der Waals surface area (Å²) < 4.78 is 13.9. The van der Waals surface area contributed by atoms with Gasteiger partial charge in [0, 0.05) is 5.02 Å². The van der Waals surface area contributed by atoms with Gasteiger partial charge in [-0.2, -0.15) is 0 Å². The normalized spacial score (nSPS) is 15.1. The maximum Gasteiger partial charge on any atom is 0.338 e. The molecule has 0 amide bonds. The average Bonchev–Trinajstić information content (AvgIpc) is 3.25. The minimum Gasteiger partial charge on any atom is -0.488 e. The molecule has 2 heterocycles. The molecule has 5 rings (SSSR count). The van der Waals surface area contributed by atoms with Crippen molar-refractivity contribution in [1.82, 2.24) is 4.57 Å². The predicted octanol–water partition coefficient (Wildman–Crippen LogP) is 5.79. The standard InChI is InChI=1S/C30H24BrClN2O4S/c1-3-23-26(29(36)37-2)27(20-9-5-4-6-10-20)34-28(35)25(39-30(34)33-23)16-18-12-13-24(22(31)15-18)38-17-19-8-7-11-21(32)14-19/h4-16,27H,3,17H2,1-2H3/b25-16+/t27-/m0/s1. The van der Waals surface area contributed by atoms with E-state index in [9.17, 15) is 9.59 Å². The zero-order valence-corrected chi connectivity index (χ0v) is 24.3. The van der Waals surface area contributed by atoms with Crippen LogP contribution in [0, 0.1) is 0 Å². The molecule has 1 aliphatic rings. The number of esters is 1. The lowest BCUT2D eigenvalue weighted by atomic mass is 9.95. The summed E-state index contributed by atoms with van der Waals surface area (Å²) in [6, 6.07) is 22.0. The van der Waals surface area contributed by atoms with Gasteiger partial charge in [-0.15, -0.1) is 0 Å². The lowest BCUT2D eigenvalue weighted by molar-refractivity contribution is -0.136. The van der Waals surface area contributed by atoms with Gasteiger partial charge in [-0.25, -0.2) is 9.79 Å². The molecule has 0 spiro atoms. The van der Waals surface area contributed by atoms with Crippen molar-refractivity contribution in [3.8, 4) is 5.75 Å². The highest BCUT2D eigenvalue weighted by molar-refractivity contribution is 9.10. The van der Waals surface area contributed by atoms with Crippen molar-refractivity contribution in [3.63, 3.8) is 0 Å². The van der Waals surface area contributed by atoms with Crippen LogP contribution in [0.25, 0.3) is 6.08 Å². The van der Waals surface area contributed by atoms with Crippen LogP contribution in [0.5, 0.6) is 5.75 Å². The summed E-state index contributed by atoms with van der Waals surface area (Å²) >= 11 is 11.0. The Bertz CT molecular complexity index is 1760. The number of benzene rings is 3. The van der Waals surface area contributed by atoms with Gasteiger partial charge in [0.2, 0.25) is 0 Å². The summed E-state index contributed by atoms with van der Waals surface area (Å²) in [6.07, 6.45) is 2.35. The molecule has 1 aromatic heterocycles. The van der Waals surface area contributed by atoms with Crippen molar-refractivity contribution in [2.24, 2.45) is 4.99 Å². The van der Waals surface area contributed by atoms with E-state index in [0.717, 1.165) is 21.2 Å². The van der Waals surface area contributed by atoms with E-state index in [4.69, 9.17) is 26.1 Å². The largest absolute Gasteiger partial charge is 0.488 e. The fraction of sp³-hybridized carbons (Fsp3) is 0.167. The lowest BCUT2D eigenvalue weighted by Crippen LogP contribution is -2.40. The van der Waals surface area contributed by atoms with E-state index >= 15 is 0 Å². The van der Waals surface area contributed by atoms with Crippen LogP contribution in [-0.4, -0.2) is 17.6 Å². The number of hydrogen-bond acceptors (Lipinski definition) is 6. The molecule has 0 bridgehead atoms. The van der Waals surface area contributed by atoms with Crippen LogP contribution >= 0.6 is 38.9 Å². The number of aromatic nitrogens is 1. The van der Waals surface area contributed by atoms with Gasteiger partial charge < -0.3 is 9.47 Å². The Morgan fingerprint density at radius 3 is 2.62 bits per heavy atom. The molecule has 4 aromatic rings. The van der Waals surface area contributed by atoms with Crippen LogP contribution in [0.4, 0.5) is 0 Å². The van der Waals surface area contributed by atoms with Gasteiger partial charge in [0.15, 0.2) is 4.80 Å². The predicted molar refractivity (Wildman–Crippen MR) is 157 cm³/mol. The Hall–Kier alpha value is -3.46. The lowest BCUT2D eigenvalue weighted by Gasteiger charge is -2.25. The van der Waals surface area contributed by atoms with Crippen LogP contribution in [0.2, 0.25) is 5.02 Å². The van der Waals surface area contributed by atoms with Gasteiger partial charge in [-0.3, -0.25) is 9.36 Å². The highest BCUT2D eigenvalue weighted by Crippen LogP contribution is 2.32. The van der Waals surface area contributed by atoms with E-state index < -0.39 is 12.0 Å². The molecule has 0 fully saturated rings. The Kier molecular flexibility index (Phi) is 8.16. The van der Waals surface area contributed by atoms with E-state index in [1.807, 2.05) is 85.8 Å². The first-order valence-corrected chi connectivity index (χ1v) is 14.2. The van der Waals surface area contributed by atoms with Gasteiger partial charge in [0.1, 0.15) is 12.4 Å². The smallest absolute Gasteiger partial charge is 0.338 e. The summed E-state index contributed by atoms with van der Waals surface area (Å²) in [7, 11) is 1.34. The number of allylic oxidation sites excluding steroid dienone is 1. The number of hydrogen-bond donors (Lipinski definition) is 0.